The second-order valence-corrected chi connectivity index (χ2v) is 9.83. The lowest BCUT2D eigenvalue weighted by atomic mass is 9.92. The van der Waals surface area contributed by atoms with Crippen LogP contribution in [0.15, 0.2) is 42.5 Å². The van der Waals surface area contributed by atoms with Crippen LogP contribution in [0.4, 0.5) is 15.8 Å². The third kappa shape index (κ3) is 6.53. The van der Waals surface area contributed by atoms with E-state index in [2.05, 4.69) is 17.1 Å². The number of hydrogen-bond donors (Lipinski definition) is 2. The van der Waals surface area contributed by atoms with E-state index in [1.807, 2.05) is 6.07 Å². The van der Waals surface area contributed by atoms with Crippen LogP contribution in [-0.2, 0) is 0 Å². The summed E-state index contributed by atoms with van der Waals surface area (Å²) in [4.78, 5) is 16.5. The van der Waals surface area contributed by atoms with Gasteiger partial charge in [-0.2, -0.15) is 0 Å². The quantitative estimate of drug-likeness (QED) is 0.504. The summed E-state index contributed by atoms with van der Waals surface area (Å²) in [6.45, 7) is 4.33. The molecule has 2 aromatic carbocycles. The zero-order chi connectivity index (χ0) is 24.8. The van der Waals surface area contributed by atoms with Crippen LogP contribution in [0.2, 0.25) is 0 Å². The highest BCUT2D eigenvalue weighted by Crippen LogP contribution is 2.29. The third-order valence-corrected chi connectivity index (χ3v) is 7.19. The molecular weight excluding hydrogens is 445 g/mol. The molecule has 0 aromatic heterocycles. The molecule has 2 fully saturated rings. The van der Waals surface area contributed by atoms with Crippen molar-refractivity contribution in [3.63, 3.8) is 0 Å². The minimum Gasteiger partial charge on any atom is -0.494 e. The first kappa shape index (κ1) is 25.5. The van der Waals surface area contributed by atoms with Gasteiger partial charge in [-0.3, -0.25) is 4.79 Å². The molecule has 2 aliphatic rings. The van der Waals surface area contributed by atoms with Gasteiger partial charge in [0.2, 0.25) is 0 Å². The minimum absolute atomic E-state index is 0.158. The highest BCUT2D eigenvalue weighted by molar-refractivity contribution is 6.05. The topological polar surface area (TPSA) is 65.0 Å². The number of amides is 1. The average molecular weight is 484 g/mol. The van der Waals surface area contributed by atoms with Gasteiger partial charge in [-0.15, -0.1) is 0 Å². The first-order valence-electron chi connectivity index (χ1n) is 12.9. The van der Waals surface area contributed by atoms with Crippen LogP contribution in [0, 0.1) is 5.82 Å². The number of rotatable bonds is 9. The Morgan fingerprint density at radius 1 is 1.11 bits per heavy atom. The molecule has 1 amide bonds. The van der Waals surface area contributed by atoms with Gasteiger partial charge in [0, 0.05) is 43.5 Å². The van der Waals surface area contributed by atoms with Crippen LogP contribution < -0.4 is 19.9 Å². The molecule has 1 unspecified atom stereocenters. The van der Waals surface area contributed by atoms with E-state index >= 15 is 4.39 Å². The zero-order valence-electron chi connectivity index (χ0n) is 20.9. The Morgan fingerprint density at radius 2 is 1.86 bits per heavy atom. The Kier molecular flexibility index (Phi) is 8.63. The molecule has 35 heavy (non-hydrogen) atoms. The number of unbranched alkanes of at least 4 members (excludes halogenated alkanes) is 1. The maximum absolute atomic E-state index is 15.1. The summed E-state index contributed by atoms with van der Waals surface area (Å²) in [5.41, 5.74) is 1.63. The molecule has 1 aliphatic carbocycles. The predicted molar refractivity (Wildman–Crippen MR) is 138 cm³/mol. The van der Waals surface area contributed by atoms with Crippen molar-refractivity contribution in [1.29, 1.82) is 0 Å². The molecule has 4 rings (SSSR count). The molecule has 2 N–H and O–H groups in total. The van der Waals surface area contributed by atoms with Gasteiger partial charge >= 0.3 is 0 Å². The SMILES string of the molecule is CCCCOc1ccc(C(=O)N(C)c2ccc(N3CCC(NC4CCC(O)CC4)C3)c(F)c2)cc1. The van der Waals surface area contributed by atoms with E-state index in [9.17, 15) is 9.90 Å². The fourth-order valence-electron chi connectivity index (χ4n) is 4.99. The molecular formula is C28H38FN3O3. The van der Waals surface area contributed by atoms with E-state index in [1.165, 1.54) is 11.0 Å². The van der Waals surface area contributed by atoms with Crippen LogP contribution in [0.1, 0.15) is 62.2 Å². The number of nitrogens with zero attached hydrogens (tertiary/aromatic N) is 2. The smallest absolute Gasteiger partial charge is 0.258 e. The lowest BCUT2D eigenvalue weighted by Crippen LogP contribution is -2.42. The highest BCUT2D eigenvalue weighted by Gasteiger charge is 2.28. The summed E-state index contributed by atoms with van der Waals surface area (Å²) >= 11 is 0. The normalized spacial score (nSPS) is 22.3. The number of hydrogen-bond acceptors (Lipinski definition) is 5. The number of benzene rings is 2. The number of halogens is 1. The fraction of sp³-hybridized carbons (Fsp3) is 0.536. The van der Waals surface area contributed by atoms with Gasteiger partial charge in [-0.25, -0.2) is 4.39 Å². The van der Waals surface area contributed by atoms with Gasteiger partial charge in [0.25, 0.3) is 5.91 Å². The number of carbonyl (C=O) groups is 1. The van der Waals surface area contributed by atoms with Crippen LogP contribution in [0.3, 0.4) is 0 Å². The highest BCUT2D eigenvalue weighted by atomic mass is 19.1. The number of carbonyl (C=O) groups excluding carboxylic acids is 1. The lowest BCUT2D eigenvalue weighted by molar-refractivity contribution is 0.0993. The molecule has 0 radical (unpaired) electrons. The zero-order valence-corrected chi connectivity index (χ0v) is 20.9. The Labute approximate surface area is 208 Å². The molecule has 190 valence electrons. The van der Waals surface area contributed by atoms with Gasteiger partial charge in [0.05, 0.1) is 18.4 Å². The molecule has 1 saturated heterocycles. The van der Waals surface area contributed by atoms with E-state index < -0.39 is 0 Å². The molecule has 2 aromatic rings. The van der Waals surface area contributed by atoms with Crippen LogP contribution in [0.5, 0.6) is 5.75 Å². The van der Waals surface area contributed by atoms with Crippen molar-refractivity contribution in [2.75, 3.05) is 36.5 Å². The summed E-state index contributed by atoms with van der Waals surface area (Å²) in [6, 6.07) is 12.9. The third-order valence-electron chi connectivity index (χ3n) is 7.19. The van der Waals surface area contributed by atoms with Gasteiger partial charge in [0.15, 0.2) is 0 Å². The summed E-state index contributed by atoms with van der Waals surface area (Å²) in [5, 5.41) is 13.4. The molecule has 1 saturated carbocycles. The van der Waals surface area contributed by atoms with Crippen molar-refractivity contribution >= 4 is 17.3 Å². The molecule has 1 heterocycles. The largest absolute Gasteiger partial charge is 0.494 e. The van der Waals surface area contributed by atoms with Gasteiger partial charge < -0.3 is 25.0 Å². The Balaban J connectivity index is 1.34. The second kappa shape index (κ2) is 11.9. The summed E-state index contributed by atoms with van der Waals surface area (Å²) in [5.74, 6) is 0.232. The van der Waals surface area contributed by atoms with Crippen LogP contribution in [-0.4, -0.2) is 55.9 Å². The van der Waals surface area contributed by atoms with E-state index in [-0.39, 0.29) is 17.8 Å². The van der Waals surface area contributed by atoms with Crippen molar-refractivity contribution in [3.8, 4) is 5.75 Å². The Morgan fingerprint density at radius 3 is 2.54 bits per heavy atom. The van der Waals surface area contributed by atoms with Crippen molar-refractivity contribution in [2.24, 2.45) is 0 Å². The summed E-state index contributed by atoms with van der Waals surface area (Å²) in [6.07, 6.45) is 6.57. The Hall–Kier alpha value is -2.64. The second-order valence-electron chi connectivity index (χ2n) is 9.83. The van der Waals surface area contributed by atoms with E-state index in [1.54, 1.807) is 37.4 Å². The summed E-state index contributed by atoms with van der Waals surface area (Å²) < 4.78 is 20.8. The van der Waals surface area contributed by atoms with Gasteiger partial charge in [-0.1, -0.05) is 13.3 Å². The van der Waals surface area contributed by atoms with Crippen LogP contribution in [0.25, 0.3) is 0 Å². The van der Waals surface area contributed by atoms with Crippen molar-refractivity contribution < 1.29 is 19.0 Å². The van der Waals surface area contributed by atoms with Crippen LogP contribution >= 0.6 is 0 Å². The Bertz CT molecular complexity index is 976. The summed E-state index contributed by atoms with van der Waals surface area (Å²) in [7, 11) is 1.67. The molecule has 1 aliphatic heterocycles. The number of anilines is 2. The fourth-order valence-corrected chi connectivity index (χ4v) is 4.99. The number of aliphatic hydroxyl groups excluding tert-OH is 1. The van der Waals surface area contributed by atoms with E-state index in [4.69, 9.17) is 4.74 Å². The van der Waals surface area contributed by atoms with Gasteiger partial charge in [0.1, 0.15) is 11.6 Å². The van der Waals surface area contributed by atoms with E-state index in [0.29, 0.717) is 35.6 Å². The van der Waals surface area contributed by atoms with Gasteiger partial charge in [-0.05, 0) is 81.0 Å². The lowest BCUT2D eigenvalue weighted by Gasteiger charge is -2.29. The number of aliphatic hydroxyl groups is 1. The monoisotopic (exact) mass is 483 g/mol. The van der Waals surface area contributed by atoms with Crippen molar-refractivity contribution in [2.45, 2.75) is 70.1 Å². The molecule has 7 heteroatoms. The number of ether oxygens (including phenoxy) is 1. The predicted octanol–water partition coefficient (Wildman–Crippen LogP) is 4.75. The molecule has 0 spiro atoms. The molecule has 6 nitrogen and oxygen atoms in total. The first-order valence-corrected chi connectivity index (χ1v) is 12.9. The van der Waals surface area contributed by atoms with E-state index in [0.717, 1.165) is 63.8 Å². The molecule has 1 atom stereocenters. The first-order chi connectivity index (χ1) is 16.9. The number of nitrogens with one attached hydrogen (secondary N) is 1. The maximum Gasteiger partial charge on any atom is 0.258 e. The molecule has 0 bridgehead atoms. The van der Waals surface area contributed by atoms with Crippen molar-refractivity contribution in [1.82, 2.24) is 5.32 Å². The average Bonchev–Trinajstić information content (AvgIpc) is 3.33. The minimum atomic E-state index is -0.316. The van der Waals surface area contributed by atoms with Crippen molar-refractivity contribution in [3.05, 3.63) is 53.8 Å². The standard InChI is InChI=1S/C28H38FN3O3/c1-3-4-17-35-25-12-5-20(6-13-25)28(34)31(2)23-9-14-27(26(29)18-23)32-16-15-22(19-32)30-21-7-10-24(33)11-8-21/h5-6,9,12-14,18,21-22,24,30,33H,3-4,7-8,10-11,15-17,19H2,1-2H3. The maximum atomic E-state index is 15.1.